The molecule has 0 saturated carbocycles. The van der Waals surface area contributed by atoms with Gasteiger partial charge in [-0.3, -0.25) is 0 Å². The Kier molecular flexibility index (Phi) is 4.36. The molecule has 0 aliphatic carbocycles. The number of nitrogens with zero attached hydrogens (tertiary/aromatic N) is 3. The van der Waals surface area contributed by atoms with E-state index in [0.717, 1.165) is 26.6 Å². The van der Waals surface area contributed by atoms with Gasteiger partial charge in [0, 0.05) is 29.0 Å². The fourth-order valence-electron chi connectivity index (χ4n) is 2.33. The van der Waals surface area contributed by atoms with Crippen molar-refractivity contribution in [3.8, 4) is 11.3 Å². The summed E-state index contributed by atoms with van der Waals surface area (Å²) >= 11 is 3.51. The number of likely N-dealkylation sites (N-methyl/N-ethyl adjacent to an activating group) is 1. The topological polar surface area (TPSA) is 49.2 Å². The van der Waals surface area contributed by atoms with E-state index in [1.165, 1.54) is 0 Å². The highest BCUT2D eigenvalue weighted by molar-refractivity contribution is 9.10. The molecule has 0 unspecified atom stereocenters. The molecule has 0 amide bonds. The van der Waals surface area contributed by atoms with Crippen molar-refractivity contribution in [1.82, 2.24) is 9.97 Å². The lowest BCUT2D eigenvalue weighted by molar-refractivity contribution is 0.303. The number of hydrogen-bond acceptors (Lipinski definition) is 4. The number of anilines is 1. The molecule has 1 N–H and O–H groups in total. The predicted octanol–water partition coefficient (Wildman–Crippen LogP) is 3.49. The lowest BCUT2D eigenvalue weighted by Crippen LogP contribution is -2.23. The fraction of sp³-hybridized carbons (Fsp3) is 0.176. The molecule has 4 nitrogen and oxygen atoms in total. The summed E-state index contributed by atoms with van der Waals surface area (Å²) in [4.78, 5) is 11.2. The van der Waals surface area contributed by atoms with E-state index in [1.807, 2.05) is 60.5 Å². The van der Waals surface area contributed by atoms with Gasteiger partial charge in [0.2, 0.25) is 5.95 Å². The maximum Gasteiger partial charge on any atom is 0.226 e. The van der Waals surface area contributed by atoms with Gasteiger partial charge in [0.05, 0.1) is 17.8 Å². The van der Waals surface area contributed by atoms with Gasteiger partial charge in [0.15, 0.2) is 0 Å². The first-order valence-electron chi connectivity index (χ1n) is 7.04. The predicted molar refractivity (Wildman–Crippen MR) is 93.0 cm³/mol. The van der Waals surface area contributed by atoms with Gasteiger partial charge in [-0.1, -0.05) is 46.3 Å². The summed E-state index contributed by atoms with van der Waals surface area (Å²) in [5.74, 6) is 0.614. The molecule has 3 aromatic rings. The van der Waals surface area contributed by atoms with E-state index in [9.17, 15) is 0 Å². The Labute approximate surface area is 137 Å². The first-order chi connectivity index (χ1) is 10.7. The van der Waals surface area contributed by atoms with Gasteiger partial charge in [0.1, 0.15) is 0 Å². The van der Waals surface area contributed by atoms with Crippen LogP contribution in [-0.4, -0.2) is 35.3 Å². The molecule has 2 aromatic carbocycles. The molecular formula is C17H16BrN3O. The first kappa shape index (κ1) is 14.9. The average Bonchev–Trinajstić information content (AvgIpc) is 2.55. The van der Waals surface area contributed by atoms with Crippen LogP contribution < -0.4 is 4.90 Å². The largest absolute Gasteiger partial charge is 0.395 e. The molecule has 1 aromatic heterocycles. The Morgan fingerprint density at radius 3 is 2.59 bits per heavy atom. The van der Waals surface area contributed by atoms with Crippen LogP contribution in [0.3, 0.4) is 0 Å². The molecule has 0 fully saturated rings. The summed E-state index contributed by atoms with van der Waals surface area (Å²) in [6, 6.07) is 16.0. The minimum atomic E-state index is 0.0684. The quantitative estimate of drug-likeness (QED) is 0.776. The minimum absolute atomic E-state index is 0.0684. The van der Waals surface area contributed by atoms with Crippen LogP contribution in [0.4, 0.5) is 5.95 Å². The highest BCUT2D eigenvalue weighted by Gasteiger charge is 2.12. The monoisotopic (exact) mass is 357 g/mol. The van der Waals surface area contributed by atoms with Gasteiger partial charge in [-0.05, 0) is 18.2 Å². The van der Waals surface area contributed by atoms with Gasteiger partial charge >= 0.3 is 0 Å². The van der Waals surface area contributed by atoms with Crippen LogP contribution in [0.15, 0.2) is 53.0 Å². The third-order valence-electron chi connectivity index (χ3n) is 3.47. The van der Waals surface area contributed by atoms with Crippen LogP contribution in [0, 0.1) is 0 Å². The van der Waals surface area contributed by atoms with E-state index in [0.29, 0.717) is 12.5 Å². The third-order valence-corrected chi connectivity index (χ3v) is 3.96. The Balaban J connectivity index is 2.24. The SMILES string of the molecule is CN(CCO)c1nc(-c2ccccc2)c2cc(Br)ccc2n1. The number of aliphatic hydroxyl groups is 1. The summed E-state index contributed by atoms with van der Waals surface area (Å²) < 4.78 is 0.997. The van der Waals surface area contributed by atoms with Gasteiger partial charge in [-0.25, -0.2) is 9.97 Å². The number of aromatic nitrogens is 2. The van der Waals surface area contributed by atoms with Crippen molar-refractivity contribution >= 4 is 32.8 Å². The van der Waals surface area contributed by atoms with Crippen LogP contribution in [0.1, 0.15) is 0 Å². The van der Waals surface area contributed by atoms with E-state index < -0.39 is 0 Å². The number of fused-ring (bicyclic) bond motifs is 1. The normalized spacial score (nSPS) is 10.9. The first-order valence-corrected chi connectivity index (χ1v) is 7.83. The fourth-order valence-corrected chi connectivity index (χ4v) is 2.69. The molecule has 1 heterocycles. The lowest BCUT2D eigenvalue weighted by atomic mass is 10.1. The Morgan fingerprint density at radius 1 is 1.09 bits per heavy atom. The second-order valence-electron chi connectivity index (χ2n) is 5.04. The molecule has 22 heavy (non-hydrogen) atoms. The maximum absolute atomic E-state index is 9.13. The molecule has 0 spiro atoms. The van der Waals surface area contributed by atoms with Crippen molar-refractivity contribution in [1.29, 1.82) is 0 Å². The second kappa shape index (κ2) is 6.42. The molecule has 3 rings (SSSR count). The van der Waals surface area contributed by atoms with Gasteiger partial charge < -0.3 is 10.0 Å². The molecule has 112 valence electrons. The second-order valence-corrected chi connectivity index (χ2v) is 5.96. The van der Waals surface area contributed by atoms with Crippen molar-refractivity contribution in [3.63, 3.8) is 0 Å². The molecule has 5 heteroatoms. The summed E-state index contributed by atoms with van der Waals surface area (Å²) in [5, 5.41) is 10.1. The zero-order chi connectivity index (χ0) is 15.5. The summed E-state index contributed by atoms with van der Waals surface area (Å²) in [6.07, 6.45) is 0. The van der Waals surface area contributed by atoms with Crippen molar-refractivity contribution in [3.05, 3.63) is 53.0 Å². The molecule has 0 aliphatic rings. The van der Waals surface area contributed by atoms with E-state index in [2.05, 4.69) is 20.9 Å². The molecule has 0 aliphatic heterocycles. The van der Waals surface area contributed by atoms with E-state index in [4.69, 9.17) is 10.1 Å². The lowest BCUT2D eigenvalue weighted by Gasteiger charge is -2.17. The number of rotatable bonds is 4. The zero-order valence-electron chi connectivity index (χ0n) is 12.2. The highest BCUT2D eigenvalue weighted by Crippen LogP contribution is 2.29. The molecule has 0 radical (unpaired) electrons. The number of aliphatic hydroxyl groups excluding tert-OH is 1. The van der Waals surface area contributed by atoms with Gasteiger partial charge in [-0.2, -0.15) is 0 Å². The molecule has 0 bridgehead atoms. The van der Waals surface area contributed by atoms with E-state index in [1.54, 1.807) is 0 Å². The van der Waals surface area contributed by atoms with Crippen molar-refractivity contribution in [2.75, 3.05) is 25.1 Å². The number of hydrogen-bond donors (Lipinski definition) is 1. The zero-order valence-corrected chi connectivity index (χ0v) is 13.8. The van der Waals surface area contributed by atoms with Crippen molar-refractivity contribution < 1.29 is 5.11 Å². The summed E-state index contributed by atoms with van der Waals surface area (Å²) in [7, 11) is 1.88. The molecule has 0 saturated heterocycles. The Morgan fingerprint density at radius 2 is 1.86 bits per heavy atom. The van der Waals surface area contributed by atoms with E-state index >= 15 is 0 Å². The highest BCUT2D eigenvalue weighted by atomic mass is 79.9. The molecule has 0 atom stereocenters. The third kappa shape index (κ3) is 2.96. The van der Waals surface area contributed by atoms with Crippen LogP contribution in [-0.2, 0) is 0 Å². The van der Waals surface area contributed by atoms with Gasteiger partial charge in [-0.15, -0.1) is 0 Å². The Hall–Kier alpha value is -1.98. The van der Waals surface area contributed by atoms with Crippen molar-refractivity contribution in [2.45, 2.75) is 0 Å². The smallest absolute Gasteiger partial charge is 0.226 e. The number of halogens is 1. The minimum Gasteiger partial charge on any atom is -0.395 e. The Bertz CT molecular complexity index is 793. The van der Waals surface area contributed by atoms with Gasteiger partial charge in [0.25, 0.3) is 0 Å². The van der Waals surface area contributed by atoms with Crippen LogP contribution in [0.5, 0.6) is 0 Å². The summed E-state index contributed by atoms with van der Waals surface area (Å²) in [5.41, 5.74) is 2.83. The number of benzene rings is 2. The average molecular weight is 358 g/mol. The van der Waals surface area contributed by atoms with Crippen LogP contribution in [0.25, 0.3) is 22.2 Å². The maximum atomic E-state index is 9.13. The van der Waals surface area contributed by atoms with Crippen LogP contribution in [0.2, 0.25) is 0 Å². The van der Waals surface area contributed by atoms with E-state index in [-0.39, 0.29) is 6.61 Å². The van der Waals surface area contributed by atoms with Crippen molar-refractivity contribution in [2.24, 2.45) is 0 Å². The van der Waals surface area contributed by atoms with Crippen LogP contribution >= 0.6 is 15.9 Å². The standard InChI is InChI=1S/C17H16BrN3O/c1-21(9-10-22)17-19-15-8-7-13(18)11-14(15)16(20-17)12-5-3-2-4-6-12/h2-8,11,22H,9-10H2,1H3. The summed E-state index contributed by atoms with van der Waals surface area (Å²) in [6.45, 7) is 0.565. The molecular weight excluding hydrogens is 342 g/mol.